The number of hydrogen-bond acceptors (Lipinski definition) is 4. The third-order valence-corrected chi connectivity index (χ3v) is 6.04. The van der Waals surface area contributed by atoms with Crippen molar-refractivity contribution in [2.45, 2.75) is 31.1 Å². The Kier molecular flexibility index (Phi) is 5.97. The summed E-state index contributed by atoms with van der Waals surface area (Å²) in [5.74, 6) is 0.219. The molecule has 0 atom stereocenters. The highest BCUT2D eigenvalue weighted by atomic mass is 32.2. The predicted octanol–water partition coefficient (Wildman–Crippen LogP) is 3.50. The number of carbonyl (C=O) groups excluding carboxylic acids is 1. The van der Waals surface area contributed by atoms with E-state index in [0.29, 0.717) is 17.0 Å². The molecule has 146 valence electrons. The van der Waals surface area contributed by atoms with E-state index in [-0.39, 0.29) is 16.2 Å². The first-order valence-corrected chi connectivity index (χ1v) is 9.93. The summed E-state index contributed by atoms with van der Waals surface area (Å²) in [4.78, 5) is 12.7. The average Bonchev–Trinajstić information content (AvgIpc) is 2.60. The zero-order valence-corrected chi connectivity index (χ0v) is 17.3. The summed E-state index contributed by atoms with van der Waals surface area (Å²) in [6.45, 7) is 6.26. The molecule has 6 nitrogen and oxygen atoms in total. The average molecular weight is 391 g/mol. The van der Waals surface area contributed by atoms with E-state index < -0.39 is 10.0 Å². The summed E-state index contributed by atoms with van der Waals surface area (Å²) in [6, 6.07) is 11.5. The Hall–Kier alpha value is -2.38. The van der Waals surface area contributed by atoms with Gasteiger partial charge >= 0.3 is 0 Å². The lowest BCUT2D eigenvalue weighted by molar-refractivity contribution is 0.102. The summed E-state index contributed by atoms with van der Waals surface area (Å²) in [5.41, 5.74) is 1.91. The van der Waals surface area contributed by atoms with Gasteiger partial charge in [0.25, 0.3) is 5.91 Å². The summed E-state index contributed by atoms with van der Waals surface area (Å²) in [5, 5.41) is 2.85. The Balaban J connectivity index is 2.30. The van der Waals surface area contributed by atoms with E-state index in [1.54, 1.807) is 7.11 Å². The Morgan fingerprint density at radius 2 is 1.63 bits per heavy atom. The Morgan fingerprint density at radius 1 is 1.04 bits per heavy atom. The minimum absolute atomic E-state index is 0.0755. The number of methoxy groups -OCH3 is 1. The van der Waals surface area contributed by atoms with E-state index in [9.17, 15) is 13.2 Å². The highest BCUT2D eigenvalue weighted by Crippen LogP contribution is 2.31. The van der Waals surface area contributed by atoms with Gasteiger partial charge in [-0.3, -0.25) is 4.79 Å². The molecule has 0 heterocycles. The lowest BCUT2D eigenvalue weighted by atomic mass is 9.87. The molecule has 0 spiro atoms. The van der Waals surface area contributed by atoms with Crippen molar-refractivity contribution in [3.8, 4) is 5.75 Å². The van der Waals surface area contributed by atoms with Gasteiger partial charge in [0.05, 0.1) is 17.7 Å². The second kappa shape index (κ2) is 7.70. The molecule has 0 saturated carbocycles. The van der Waals surface area contributed by atoms with E-state index in [1.807, 2.05) is 18.2 Å². The summed E-state index contributed by atoms with van der Waals surface area (Å²) < 4.78 is 30.7. The van der Waals surface area contributed by atoms with Gasteiger partial charge in [0, 0.05) is 19.7 Å². The second-order valence-corrected chi connectivity index (χ2v) is 9.58. The molecule has 2 rings (SSSR count). The molecule has 0 radical (unpaired) electrons. The van der Waals surface area contributed by atoms with Gasteiger partial charge < -0.3 is 10.1 Å². The molecule has 27 heavy (non-hydrogen) atoms. The maximum atomic E-state index is 12.6. The van der Waals surface area contributed by atoms with Gasteiger partial charge in [0.15, 0.2) is 0 Å². The van der Waals surface area contributed by atoms with Crippen molar-refractivity contribution >= 4 is 21.6 Å². The first-order chi connectivity index (χ1) is 12.5. The van der Waals surface area contributed by atoms with Crippen molar-refractivity contribution in [2.75, 3.05) is 26.5 Å². The van der Waals surface area contributed by atoms with Crippen LogP contribution < -0.4 is 10.1 Å². The molecule has 2 aromatic carbocycles. The van der Waals surface area contributed by atoms with Crippen molar-refractivity contribution in [1.29, 1.82) is 0 Å². The first kappa shape index (κ1) is 20.9. The fourth-order valence-electron chi connectivity index (χ4n) is 2.46. The summed E-state index contributed by atoms with van der Waals surface area (Å²) in [7, 11) is 0.940. The van der Waals surface area contributed by atoms with E-state index in [1.165, 1.54) is 38.4 Å². The van der Waals surface area contributed by atoms with Crippen LogP contribution in [0, 0.1) is 0 Å². The Labute approximate surface area is 161 Å². The topological polar surface area (TPSA) is 75.7 Å². The molecule has 1 amide bonds. The number of benzene rings is 2. The van der Waals surface area contributed by atoms with Gasteiger partial charge in [0.2, 0.25) is 10.0 Å². The van der Waals surface area contributed by atoms with E-state index >= 15 is 0 Å². The van der Waals surface area contributed by atoms with Crippen LogP contribution in [-0.2, 0) is 15.4 Å². The molecule has 2 aromatic rings. The van der Waals surface area contributed by atoms with Crippen LogP contribution in [0.5, 0.6) is 5.75 Å². The van der Waals surface area contributed by atoms with Crippen LogP contribution in [-0.4, -0.2) is 39.8 Å². The SMILES string of the molecule is COc1ccc(C(C)(C)C)cc1NC(=O)c1ccc(S(=O)(=O)N(C)C)cc1. The van der Waals surface area contributed by atoms with Crippen molar-refractivity contribution < 1.29 is 17.9 Å². The van der Waals surface area contributed by atoms with E-state index in [4.69, 9.17) is 4.74 Å². The number of rotatable bonds is 5. The monoisotopic (exact) mass is 390 g/mol. The maximum absolute atomic E-state index is 12.6. The molecule has 0 saturated heterocycles. The third kappa shape index (κ3) is 4.67. The molecule has 0 bridgehead atoms. The molecule has 7 heteroatoms. The van der Waals surface area contributed by atoms with Gasteiger partial charge in [-0.2, -0.15) is 0 Å². The van der Waals surface area contributed by atoms with Crippen LogP contribution in [0.2, 0.25) is 0 Å². The molecule has 0 unspecified atom stereocenters. The quantitative estimate of drug-likeness (QED) is 0.848. The maximum Gasteiger partial charge on any atom is 0.255 e. The van der Waals surface area contributed by atoms with Gasteiger partial charge in [-0.25, -0.2) is 12.7 Å². The lowest BCUT2D eigenvalue weighted by Crippen LogP contribution is -2.22. The van der Waals surface area contributed by atoms with Gasteiger partial charge in [-0.1, -0.05) is 26.8 Å². The van der Waals surface area contributed by atoms with Gasteiger partial charge in [0.1, 0.15) is 5.75 Å². The normalized spacial score (nSPS) is 12.1. The van der Waals surface area contributed by atoms with Crippen molar-refractivity contribution in [3.05, 3.63) is 53.6 Å². The van der Waals surface area contributed by atoms with Crippen molar-refractivity contribution in [2.24, 2.45) is 0 Å². The Bertz CT molecular complexity index is 927. The number of amides is 1. The number of carbonyl (C=O) groups is 1. The summed E-state index contributed by atoms with van der Waals surface area (Å²) in [6.07, 6.45) is 0. The molecular formula is C20H26N2O4S. The predicted molar refractivity (Wildman–Crippen MR) is 107 cm³/mol. The second-order valence-electron chi connectivity index (χ2n) is 7.43. The molecule has 0 aliphatic rings. The van der Waals surface area contributed by atoms with Crippen LogP contribution in [0.3, 0.4) is 0 Å². The number of nitrogens with zero attached hydrogens (tertiary/aromatic N) is 1. The van der Waals surface area contributed by atoms with Crippen LogP contribution in [0.4, 0.5) is 5.69 Å². The van der Waals surface area contributed by atoms with Crippen molar-refractivity contribution in [1.82, 2.24) is 4.31 Å². The van der Waals surface area contributed by atoms with E-state index in [0.717, 1.165) is 9.87 Å². The minimum atomic E-state index is -3.53. The Morgan fingerprint density at radius 3 is 2.11 bits per heavy atom. The standard InChI is InChI=1S/C20H26N2O4S/c1-20(2,3)15-9-12-18(26-6)17(13-15)21-19(23)14-7-10-16(11-8-14)27(24,25)22(4)5/h7-13H,1-6H3,(H,21,23). The van der Waals surface area contributed by atoms with Crippen LogP contribution in [0.15, 0.2) is 47.4 Å². The van der Waals surface area contributed by atoms with Gasteiger partial charge in [-0.05, 0) is 47.4 Å². The minimum Gasteiger partial charge on any atom is -0.495 e. The summed E-state index contributed by atoms with van der Waals surface area (Å²) >= 11 is 0. The largest absolute Gasteiger partial charge is 0.495 e. The molecule has 0 aliphatic heterocycles. The fourth-order valence-corrected chi connectivity index (χ4v) is 3.36. The van der Waals surface area contributed by atoms with E-state index in [2.05, 4.69) is 26.1 Å². The smallest absolute Gasteiger partial charge is 0.255 e. The van der Waals surface area contributed by atoms with Gasteiger partial charge in [-0.15, -0.1) is 0 Å². The number of ether oxygens (including phenoxy) is 1. The van der Waals surface area contributed by atoms with Crippen LogP contribution >= 0.6 is 0 Å². The first-order valence-electron chi connectivity index (χ1n) is 8.49. The number of sulfonamides is 1. The molecule has 1 N–H and O–H groups in total. The molecular weight excluding hydrogens is 364 g/mol. The number of nitrogens with one attached hydrogen (secondary N) is 1. The highest BCUT2D eigenvalue weighted by Gasteiger charge is 2.19. The lowest BCUT2D eigenvalue weighted by Gasteiger charge is -2.21. The molecule has 0 aromatic heterocycles. The zero-order valence-electron chi connectivity index (χ0n) is 16.5. The molecule has 0 fully saturated rings. The van der Waals surface area contributed by atoms with Crippen molar-refractivity contribution in [3.63, 3.8) is 0 Å². The third-order valence-electron chi connectivity index (χ3n) is 4.21. The highest BCUT2D eigenvalue weighted by molar-refractivity contribution is 7.89. The van der Waals surface area contributed by atoms with Crippen LogP contribution in [0.25, 0.3) is 0 Å². The van der Waals surface area contributed by atoms with Crippen LogP contribution in [0.1, 0.15) is 36.7 Å². The number of hydrogen-bond donors (Lipinski definition) is 1. The number of anilines is 1. The zero-order chi connectivity index (χ0) is 20.4. The molecule has 0 aliphatic carbocycles. The fraction of sp³-hybridized carbons (Fsp3) is 0.350.